The monoisotopic (exact) mass is 544 g/mol. The van der Waals surface area contributed by atoms with Gasteiger partial charge in [-0.1, -0.05) is 145 Å². The molecule has 0 fully saturated rings. The van der Waals surface area contributed by atoms with Crippen LogP contribution in [0.4, 0.5) is 0 Å². The minimum atomic E-state index is -0.315. The van der Waals surface area contributed by atoms with Crippen LogP contribution in [0.15, 0.2) is 12.1 Å². The second kappa shape index (κ2) is 18.5. The summed E-state index contributed by atoms with van der Waals surface area (Å²) >= 11 is 0. The summed E-state index contributed by atoms with van der Waals surface area (Å²) in [5, 5.41) is 10.9. The predicted octanol–water partition coefficient (Wildman–Crippen LogP) is 10.4. The number of esters is 1. The number of Topliss-reactive ketones (excluding diaryl/α,β-unsaturated/α-hetero) is 1. The number of ketones is 1. The number of hydrogen-bond acceptors (Lipinski definition) is 4. The van der Waals surface area contributed by atoms with E-state index in [-0.39, 0.29) is 34.9 Å². The average Bonchev–Trinajstić information content (AvgIpc) is 2.85. The lowest BCUT2D eigenvalue weighted by molar-refractivity contribution is -0.142. The third kappa shape index (κ3) is 14.9. The molecule has 0 radical (unpaired) electrons. The summed E-state index contributed by atoms with van der Waals surface area (Å²) in [5.41, 5.74) is 1.32. The summed E-state index contributed by atoms with van der Waals surface area (Å²) in [5.74, 6) is -0.294. The minimum Gasteiger partial charge on any atom is -0.507 e. The first kappa shape index (κ1) is 35.2. The van der Waals surface area contributed by atoms with Gasteiger partial charge in [-0.05, 0) is 29.4 Å². The molecule has 1 rings (SSSR count). The standard InChI is InChI=1S/C35H60O4/c1-8-9-10-11-12-13-14-15-16-17-18-19-20-21-22-23-24-32(37)39-27-31(36)28-25-29(34(2,3)4)33(38)30(26-28)35(5,6)7/h25-26,38H,8-24,27H2,1-7H3. The van der Waals surface area contributed by atoms with Gasteiger partial charge < -0.3 is 9.84 Å². The molecule has 0 amide bonds. The highest BCUT2D eigenvalue weighted by atomic mass is 16.5. The van der Waals surface area contributed by atoms with Gasteiger partial charge in [0.15, 0.2) is 12.4 Å². The molecule has 0 spiro atoms. The number of phenols is 1. The van der Waals surface area contributed by atoms with Crippen LogP contribution in [0.1, 0.15) is 179 Å². The maximum absolute atomic E-state index is 12.9. The van der Waals surface area contributed by atoms with E-state index in [1.807, 2.05) is 41.5 Å². The average molecular weight is 545 g/mol. The van der Waals surface area contributed by atoms with Crippen molar-refractivity contribution in [2.75, 3.05) is 6.61 Å². The number of carbonyl (C=O) groups is 2. The van der Waals surface area contributed by atoms with Crippen molar-refractivity contribution in [3.63, 3.8) is 0 Å². The van der Waals surface area contributed by atoms with E-state index >= 15 is 0 Å². The third-order valence-electron chi connectivity index (χ3n) is 7.65. The van der Waals surface area contributed by atoms with Gasteiger partial charge in [0.2, 0.25) is 0 Å². The Balaban J connectivity index is 2.21. The number of carbonyl (C=O) groups excluding carboxylic acids is 2. The Kier molecular flexibility index (Phi) is 16.7. The van der Waals surface area contributed by atoms with Gasteiger partial charge in [0.25, 0.3) is 0 Å². The number of unbranched alkanes of at least 4 members (excludes halogenated alkanes) is 15. The smallest absolute Gasteiger partial charge is 0.306 e. The van der Waals surface area contributed by atoms with Crippen molar-refractivity contribution in [2.45, 2.75) is 168 Å². The minimum absolute atomic E-state index is 0.230. The van der Waals surface area contributed by atoms with Crippen molar-refractivity contribution in [1.82, 2.24) is 0 Å². The molecule has 0 saturated heterocycles. The summed E-state index contributed by atoms with van der Waals surface area (Å²) in [4.78, 5) is 25.1. The molecule has 224 valence electrons. The van der Waals surface area contributed by atoms with Crippen molar-refractivity contribution in [3.05, 3.63) is 28.8 Å². The fraction of sp³-hybridized carbons (Fsp3) is 0.771. The molecule has 0 heterocycles. The zero-order valence-corrected chi connectivity index (χ0v) is 26.6. The fourth-order valence-corrected chi connectivity index (χ4v) is 5.06. The van der Waals surface area contributed by atoms with Gasteiger partial charge in [-0.2, -0.15) is 0 Å². The molecule has 4 heteroatoms. The largest absolute Gasteiger partial charge is 0.507 e. The molecule has 0 aliphatic heterocycles. The summed E-state index contributed by atoms with van der Waals surface area (Å²) in [6.45, 7) is 14.1. The molecule has 1 aromatic carbocycles. The number of rotatable bonds is 20. The fourth-order valence-electron chi connectivity index (χ4n) is 5.06. The molecule has 1 N–H and O–H groups in total. The van der Waals surface area contributed by atoms with Gasteiger partial charge in [0.05, 0.1) is 0 Å². The quantitative estimate of drug-likeness (QED) is 0.101. The second-order valence-electron chi connectivity index (χ2n) is 13.6. The lowest BCUT2D eigenvalue weighted by atomic mass is 9.78. The summed E-state index contributed by atoms with van der Waals surface area (Å²) in [6, 6.07) is 3.49. The molecule has 0 unspecified atom stereocenters. The predicted molar refractivity (Wildman–Crippen MR) is 165 cm³/mol. The molecular weight excluding hydrogens is 484 g/mol. The Morgan fingerprint density at radius 3 is 1.36 bits per heavy atom. The highest BCUT2D eigenvalue weighted by Crippen LogP contribution is 2.39. The lowest BCUT2D eigenvalue weighted by Crippen LogP contribution is -2.20. The van der Waals surface area contributed by atoms with Crippen LogP contribution in [0.25, 0.3) is 0 Å². The van der Waals surface area contributed by atoms with Crippen LogP contribution in [-0.2, 0) is 20.4 Å². The first-order valence-corrected chi connectivity index (χ1v) is 15.9. The van der Waals surface area contributed by atoms with Crippen LogP contribution in [0.3, 0.4) is 0 Å². The van der Waals surface area contributed by atoms with Crippen LogP contribution in [0.2, 0.25) is 0 Å². The van der Waals surface area contributed by atoms with Gasteiger partial charge >= 0.3 is 5.97 Å². The number of hydrogen-bond donors (Lipinski definition) is 1. The van der Waals surface area contributed by atoms with E-state index in [0.717, 1.165) is 30.4 Å². The van der Waals surface area contributed by atoms with Crippen LogP contribution in [0.5, 0.6) is 5.75 Å². The Labute approximate surface area is 240 Å². The van der Waals surface area contributed by atoms with E-state index < -0.39 is 0 Å². The Bertz CT molecular complexity index is 806. The van der Waals surface area contributed by atoms with Crippen molar-refractivity contribution >= 4 is 11.8 Å². The van der Waals surface area contributed by atoms with E-state index in [1.54, 1.807) is 12.1 Å². The SMILES string of the molecule is CCCCCCCCCCCCCCCCCCC(=O)OCC(=O)c1cc(C(C)(C)C)c(O)c(C(C)(C)C)c1. The van der Waals surface area contributed by atoms with Gasteiger partial charge in [-0.15, -0.1) is 0 Å². The van der Waals surface area contributed by atoms with Gasteiger partial charge in [-0.3, -0.25) is 9.59 Å². The maximum atomic E-state index is 12.9. The molecule has 0 saturated carbocycles. The third-order valence-corrected chi connectivity index (χ3v) is 7.65. The molecule has 0 aliphatic rings. The lowest BCUT2D eigenvalue weighted by Gasteiger charge is -2.28. The van der Waals surface area contributed by atoms with Gasteiger partial charge in [-0.25, -0.2) is 0 Å². The van der Waals surface area contributed by atoms with Crippen molar-refractivity contribution in [2.24, 2.45) is 0 Å². The first-order valence-electron chi connectivity index (χ1n) is 15.9. The van der Waals surface area contributed by atoms with Gasteiger partial charge in [0.1, 0.15) is 5.75 Å². The molecule has 39 heavy (non-hydrogen) atoms. The van der Waals surface area contributed by atoms with Gasteiger partial charge in [0, 0.05) is 23.1 Å². The first-order chi connectivity index (χ1) is 18.4. The highest BCUT2D eigenvalue weighted by Gasteiger charge is 2.28. The maximum Gasteiger partial charge on any atom is 0.306 e. The van der Waals surface area contributed by atoms with E-state index in [2.05, 4.69) is 6.92 Å². The van der Waals surface area contributed by atoms with E-state index in [0.29, 0.717) is 12.0 Å². The topological polar surface area (TPSA) is 63.6 Å². The van der Waals surface area contributed by atoms with Crippen molar-refractivity contribution < 1.29 is 19.4 Å². The molecule has 0 bridgehead atoms. The zero-order chi connectivity index (χ0) is 29.3. The summed E-state index contributed by atoms with van der Waals surface area (Å²) in [6.07, 6.45) is 21.1. The summed E-state index contributed by atoms with van der Waals surface area (Å²) < 4.78 is 5.31. The number of ether oxygens (including phenoxy) is 1. The van der Waals surface area contributed by atoms with Crippen molar-refractivity contribution in [1.29, 1.82) is 0 Å². The molecule has 4 nitrogen and oxygen atoms in total. The number of phenolic OH excluding ortho intramolecular Hbond substituents is 1. The summed E-state index contributed by atoms with van der Waals surface area (Å²) in [7, 11) is 0. The Hall–Kier alpha value is -1.84. The van der Waals surface area contributed by atoms with Crippen LogP contribution in [0, 0.1) is 0 Å². The van der Waals surface area contributed by atoms with Crippen LogP contribution in [-0.4, -0.2) is 23.5 Å². The van der Waals surface area contributed by atoms with Crippen LogP contribution < -0.4 is 0 Å². The van der Waals surface area contributed by atoms with E-state index in [9.17, 15) is 14.7 Å². The Morgan fingerprint density at radius 1 is 0.641 bits per heavy atom. The highest BCUT2D eigenvalue weighted by molar-refractivity contribution is 5.98. The van der Waals surface area contributed by atoms with Crippen LogP contribution >= 0.6 is 0 Å². The Morgan fingerprint density at radius 2 is 1.00 bits per heavy atom. The van der Waals surface area contributed by atoms with E-state index in [4.69, 9.17) is 4.74 Å². The molecular formula is C35H60O4. The number of aromatic hydroxyl groups is 1. The molecule has 0 aromatic heterocycles. The second-order valence-corrected chi connectivity index (χ2v) is 13.6. The zero-order valence-electron chi connectivity index (χ0n) is 26.6. The van der Waals surface area contributed by atoms with E-state index in [1.165, 1.54) is 83.5 Å². The molecule has 0 aliphatic carbocycles. The molecule has 0 atom stereocenters. The number of benzene rings is 1. The molecule has 1 aromatic rings. The normalized spacial score (nSPS) is 12.1. The van der Waals surface area contributed by atoms with Crippen molar-refractivity contribution in [3.8, 4) is 5.75 Å².